The molecule has 28 heavy (non-hydrogen) atoms. The van der Waals surface area contributed by atoms with Gasteiger partial charge in [0.05, 0.1) is 26.7 Å². The van der Waals surface area contributed by atoms with E-state index in [-0.39, 0.29) is 12.5 Å². The predicted molar refractivity (Wildman–Crippen MR) is 122 cm³/mol. The second-order valence-corrected chi connectivity index (χ2v) is 11.1. The summed E-state index contributed by atoms with van der Waals surface area (Å²) in [5, 5.41) is 6.07. The lowest BCUT2D eigenvalue weighted by Gasteiger charge is -2.15. The van der Waals surface area contributed by atoms with Gasteiger partial charge in [-0.15, -0.1) is 46.2 Å². The van der Waals surface area contributed by atoms with Gasteiger partial charge in [0.1, 0.15) is 5.75 Å². The van der Waals surface area contributed by atoms with Crippen molar-refractivity contribution < 1.29 is 9.53 Å². The maximum Gasteiger partial charge on any atom is 0.258 e. The molecule has 4 nitrogen and oxygen atoms in total. The minimum atomic E-state index is -0.110. The van der Waals surface area contributed by atoms with Gasteiger partial charge in [-0.1, -0.05) is 18.2 Å². The third-order valence-electron chi connectivity index (χ3n) is 4.15. The van der Waals surface area contributed by atoms with E-state index in [1.165, 1.54) is 5.56 Å². The molecule has 0 bridgehead atoms. The summed E-state index contributed by atoms with van der Waals surface area (Å²) in [5.41, 5.74) is 2.18. The Morgan fingerprint density at radius 1 is 1.21 bits per heavy atom. The standard InChI is InChI=1S/C20H20N2O2S4/c1-13-22-16(12-27-13)18-7-6-14(28-18)10-21-19(23)11-24-17-5-3-2-4-15(17)20-25-8-9-26-20/h2-7,12,20H,8-11H2,1H3,(H,21,23). The molecular weight excluding hydrogens is 429 g/mol. The third-order valence-corrected chi connectivity index (χ3v) is 9.10. The molecule has 146 valence electrons. The SMILES string of the molecule is Cc1nc(-c2ccc(CNC(=O)COc3ccccc3C3SCCS3)s2)cs1. The van der Waals surface area contributed by atoms with E-state index in [9.17, 15) is 4.79 Å². The number of benzene rings is 1. The zero-order valence-electron chi connectivity index (χ0n) is 15.3. The van der Waals surface area contributed by atoms with E-state index in [4.69, 9.17) is 4.74 Å². The van der Waals surface area contributed by atoms with Crippen LogP contribution in [0.3, 0.4) is 0 Å². The molecule has 2 aromatic heterocycles. The molecule has 1 fully saturated rings. The fourth-order valence-corrected chi connectivity index (χ4v) is 7.32. The van der Waals surface area contributed by atoms with Gasteiger partial charge in [0.2, 0.25) is 0 Å². The van der Waals surface area contributed by atoms with Crippen LogP contribution >= 0.6 is 46.2 Å². The lowest BCUT2D eigenvalue weighted by Crippen LogP contribution is -2.28. The minimum Gasteiger partial charge on any atom is -0.483 e. The Morgan fingerprint density at radius 3 is 2.82 bits per heavy atom. The summed E-state index contributed by atoms with van der Waals surface area (Å²) in [4.78, 5) is 19.0. The lowest BCUT2D eigenvalue weighted by atomic mass is 10.2. The van der Waals surface area contributed by atoms with Crippen LogP contribution in [0.2, 0.25) is 0 Å². The van der Waals surface area contributed by atoms with E-state index in [0.717, 1.165) is 37.7 Å². The van der Waals surface area contributed by atoms with Crippen LogP contribution in [-0.4, -0.2) is 29.0 Å². The highest BCUT2D eigenvalue weighted by Crippen LogP contribution is 2.48. The summed E-state index contributed by atoms with van der Waals surface area (Å²) < 4.78 is 6.23. The summed E-state index contributed by atoms with van der Waals surface area (Å²) in [6, 6.07) is 12.1. The Hall–Kier alpha value is -1.48. The molecule has 8 heteroatoms. The van der Waals surface area contributed by atoms with Gasteiger partial charge >= 0.3 is 0 Å². The number of hydrogen-bond acceptors (Lipinski definition) is 7. The number of thioether (sulfide) groups is 2. The molecule has 1 aliphatic heterocycles. The quantitative estimate of drug-likeness (QED) is 0.528. The molecule has 3 aromatic rings. The first-order valence-corrected chi connectivity index (χ1v) is 12.7. The molecule has 0 spiro atoms. The summed E-state index contributed by atoms with van der Waals surface area (Å²) in [7, 11) is 0. The number of carbonyl (C=O) groups excluding carboxylic acids is 1. The maximum atomic E-state index is 12.2. The van der Waals surface area contributed by atoms with Gasteiger partial charge in [-0.25, -0.2) is 4.98 Å². The van der Waals surface area contributed by atoms with E-state index in [0.29, 0.717) is 11.1 Å². The van der Waals surface area contributed by atoms with Crippen LogP contribution in [0.5, 0.6) is 5.75 Å². The maximum absolute atomic E-state index is 12.2. The van der Waals surface area contributed by atoms with Gasteiger partial charge in [0, 0.05) is 27.3 Å². The van der Waals surface area contributed by atoms with Crippen molar-refractivity contribution in [1.82, 2.24) is 10.3 Å². The Morgan fingerprint density at radius 2 is 2.04 bits per heavy atom. The molecule has 1 aliphatic rings. The Bertz CT molecular complexity index is 947. The van der Waals surface area contributed by atoms with Crippen molar-refractivity contribution in [3.8, 4) is 16.3 Å². The molecule has 4 rings (SSSR count). The van der Waals surface area contributed by atoms with Crippen LogP contribution in [-0.2, 0) is 11.3 Å². The van der Waals surface area contributed by atoms with Gasteiger partial charge in [0.25, 0.3) is 5.91 Å². The molecular formula is C20H20N2O2S4. The number of hydrogen-bond donors (Lipinski definition) is 1. The zero-order chi connectivity index (χ0) is 19.3. The molecule has 3 heterocycles. The monoisotopic (exact) mass is 448 g/mol. The van der Waals surface area contributed by atoms with Crippen LogP contribution in [0.15, 0.2) is 41.8 Å². The van der Waals surface area contributed by atoms with Crippen LogP contribution < -0.4 is 10.1 Å². The Balaban J connectivity index is 1.29. The number of ether oxygens (including phenoxy) is 1. The average Bonchev–Trinajstić information content (AvgIpc) is 3.46. The first-order valence-electron chi connectivity index (χ1n) is 8.92. The van der Waals surface area contributed by atoms with Gasteiger partial charge in [-0.05, 0) is 25.1 Å². The topological polar surface area (TPSA) is 51.2 Å². The van der Waals surface area contributed by atoms with Crippen molar-refractivity contribution in [3.63, 3.8) is 0 Å². The summed E-state index contributed by atoms with van der Waals surface area (Å²) in [6.45, 7) is 2.54. The van der Waals surface area contributed by atoms with Crippen molar-refractivity contribution in [1.29, 1.82) is 0 Å². The predicted octanol–water partition coefficient (Wildman–Crippen LogP) is 5.35. The first kappa shape index (κ1) is 19.8. The number of para-hydroxylation sites is 1. The van der Waals surface area contributed by atoms with Crippen molar-refractivity contribution >= 4 is 52.1 Å². The van der Waals surface area contributed by atoms with Gasteiger partial charge in [0.15, 0.2) is 6.61 Å². The molecule has 1 saturated heterocycles. The highest BCUT2D eigenvalue weighted by atomic mass is 32.2. The summed E-state index contributed by atoms with van der Waals surface area (Å²) in [6.07, 6.45) is 0. The van der Waals surface area contributed by atoms with Crippen LogP contribution in [0.4, 0.5) is 0 Å². The Kier molecular flexibility index (Phi) is 6.61. The number of rotatable bonds is 7. The second-order valence-electron chi connectivity index (χ2n) is 6.19. The number of amides is 1. The molecule has 1 amide bonds. The lowest BCUT2D eigenvalue weighted by molar-refractivity contribution is -0.123. The third kappa shape index (κ3) is 4.92. The van der Waals surface area contributed by atoms with Crippen molar-refractivity contribution in [2.45, 2.75) is 18.1 Å². The molecule has 0 aliphatic carbocycles. The molecule has 0 atom stereocenters. The van der Waals surface area contributed by atoms with Gasteiger partial charge in [-0.2, -0.15) is 0 Å². The van der Waals surface area contributed by atoms with E-state index < -0.39 is 0 Å². The zero-order valence-corrected chi connectivity index (χ0v) is 18.6. The molecule has 1 N–H and O–H groups in total. The summed E-state index contributed by atoms with van der Waals surface area (Å²) >= 11 is 7.17. The van der Waals surface area contributed by atoms with Crippen LogP contribution in [0, 0.1) is 6.92 Å². The number of nitrogens with one attached hydrogen (secondary N) is 1. The van der Waals surface area contributed by atoms with E-state index in [2.05, 4.69) is 27.8 Å². The minimum absolute atomic E-state index is 0.0303. The second kappa shape index (κ2) is 9.35. The molecule has 1 aromatic carbocycles. The van der Waals surface area contributed by atoms with Crippen LogP contribution in [0.25, 0.3) is 10.6 Å². The van der Waals surface area contributed by atoms with Gasteiger partial charge in [-0.3, -0.25) is 4.79 Å². The highest BCUT2D eigenvalue weighted by molar-refractivity contribution is 8.19. The number of carbonyl (C=O) groups is 1. The average molecular weight is 449 g/mol. The number of thiazole rings is 1. The number of thiophene rings is 1. The summed E-state index contributed by atoms with van der Waals surface area (Å²) in [5.74, 6) is 3.02. The van der Waals surface area contributed by atoms with Crippen LogP contribution in [0.1, 0.15) is 20.0 Å². The Labute approximate surface area is 181 Å². The van der Waals surface area contributed by atoms with Gasteiger partial charge < -0.3 is 10.1 Å². The number of aryl methyl sites for hydroxylation is 1. The van der Waals surface area contributed by atoms with Crippen molar-refractivity contribution in [2.24, 2.45) is 0 Å². The fourth-order valence-electron chi connectivity index (χ4n) is 2.81. The normalized spacial score (nSPS) is 14.3. The number of nitrogens with zero attached hydrogens (tertiary/aromatic N) is 1. The van der Waals surface area contributed by atoms with E-state index in [1.807, 2.05) is 54.7 Å². The largest absolute Gasteiger partial charge is 0.483 e. The highest BCUT2D eigenvalue weighted by Gasteiger charge is 2.21. The van der Waals surface area contributed by atoms with Crippen molar-refractivity contribution in [3.05, 3.63) is 57.2 Å². The molecule has 0 saturated carbocycles. The fraction of sp³-hybridized carbons (Fsp3) is 0.300. The smallest absolute Gasteiger partial charge is 0.258 e. The molecule has 0 radical (unpaired) electrons. The first-order chi connectivity index (χ1) is 13.7. The van der Waals surface area contributed by atoms with E-state index >= 15 is 0 Å². The number of aromatic nitrogens is 1. The van der Waals surface area contributed by atoms with Crippen molar-refractivity contribution in [2.75, 3.05) is 18.1 Å². The molecule has 0 unspecified atom stereocenters. The van der Waals surface area contributed by atoms with E-state index in [1.54, 1.807) is 22.7 Å².